The summed E-state index contributed by atoms with van der Waals surface area (Å²) in [6.45, 7) is 4.73. The summed E-state index contributed by atoms with van der Waals surface area (Å²) < 4.78 is 0. The molecule has 0 bridgehead atoms. The fourth-order valence-electron chi connectivity index (χ4n) is 2.19. The van der Waals surface area contributed by atoms with E-state index in [4.69, 9.17) is 0 Å². The summed E-state index contributed by atoms with van der Waals surface area (Å²) in [5.74, 6) is -0.114. The third-order valence-corrected chi connectivity index (χ3v) is 3.21. The minimum absolute atomic E-state index is 0. The highest BCUT2D eigenvalue weighted by Gasteiger charge is 2.21. The molecule has 0 aromatic heterocycles. The highest BCUT2D eigenvalue weighted by atomic mass is 35.5. The van der Waals surface area contributed by atoms with Crippen LogP contribution in [0.1, 0.15) is 37.0 Å². The van der Waals surface area contributed by atoms with Gasteiger partial charge in [0.25, 0.3) is 5.91 Å². The van der Waals surface area contributed by atoms with Crippen LogP contribution in [0.15, 0.2) is 24.3 Å². The Labute approximate surface area is 131 Å². The molecule has 0 radical (unpaired) electrons. The molecule has 0 aliphatic carbocycles. The molecule has 1 atom stereocenters. The van der Waals surface area contributed by atoms with Crippen molar-refractivity contribution >= 4 is 29.9 Å². The molecular formula is C15H22ClN3O2. The van der Waals surface area contributed by atoms with Gasteiger partial charge in [-0.15, -0.1) is 12.4 Å². The average molecular weight is 312 g/mol. The zero-order valence-electron chi connectivity index (χ0n) is 12.3. The van der Waals surface area contributed by atoms with Crippen LogP contribution >= 0.6 is 12.4 Å². The summed E-state index contributed by atoms with van der Waals surface area (Å²) in [4.78, 5) is 23.7. The lowest BCUT2D eigenvalue weighted by molar-refractivity contribution is -0.117. The van der Waals surface area contributed by atoms with Crippen molar-refractivity contribution in [1.29, 1.82) is 0 Å². The molecule has 1 saturated heterocycles. The number of carbonyl (C=O) groups is 2. The first-order valence-electron chi connectivity index (χ1n) is 7.01. The maximum absolute atomic E-state index is 11.9. The molecule has 1 heterocycles. The van der Waals surface area contributed by atoms with Crippen LogP contribution in [-0.4, -0.2) is 30.4 Å². The Hall–Kier alpha value is -1.59. The van der Waals surface area contributed by atoms with E-state index < -0.39 is 0 Å². The van der Waals surface area contributed by atoms with Crippen LogP contribution in [0.25, 0.3) is 0 Å². The molecule has 1 unspecified atom stereocenters. The number of nitrogens with one attached hydrogen (secondary N) is 3. The molecular weight excluding hydrogens is 290 g/mol. The van der Waals surface area contributed by atoms with Gasteiger partial charge in [0, 0.05) is 17.3 Å². The van der Waals surface area contributed by atoms with Gasteiger partial charge in [0.2, 0.25) is 5.91 Å². The van der Waals surface area contributed by atoms with Crippen molar-refractivity contribution in [2.75, 3.05) is 11.9 Å². The van der Waals surface area contributed by atoms with E-state index >= 15 is 0 Å². The van der Waals surface area contributed by atoms with Gasteiger partial charge in [0.1, 0.15) is 0 Å². The molecule has 1 aromatic carbocycles. The van der Waals surface area contributed by atoms with Crippen LogP contribution in [0.2, 0.25) is 0 Å². The number of hydrogen-bond donors (Lipinski definition) is 3. The molecule has 21 heavy (non-hydrogen) atoms. The van der Waals surface area contributed by atoms with Crippen molar-refractivity contribution in [3.05, 3.63) is 29.8 Å². The molecule has 2 amide bonds. The van der Waals surface area contributed by atoms with Crippen LogP contribution in [0.4, 0.5) is 5.69 Å². The summed E-state index contributed by atoms with van der Waals surface area (Å²) >= 11 is 0. The Morgan fingerprint density at radius 1 is 1.24 bits per heavy atom. The summed E-state index contributed by atoms with van der Waals surface area (Å²) in [6, 6.07) is 6.95. The lowest BCUT2D eigenvalue weighted by Gasteiger charge is -2.12. The number of rotatable bonds is 4. The zero-order valence-corrected chi connectivity index (χ0v) is 13.1. The van der Waals surface area contributed by atoms with Gasteiger partial charge in [-0.2, -0.15) is 0 Å². The molecule has 5 nitrogen and oxygen atoms in total. The number of amides is 2. The van der Waals surface area contributed by atoms with Crippen molar-refractivity contribution in [3.8, 4) is 0 Å². The maximum atomic E-state index is 11.9. The Balaban J connectivity index is 0.00000220. The number of hydrogen-bond acceptors (Lipinski definition) is 3. The number of anilines is 1. The van der Waals surface area contributed by atoms with Crippen LogP contribution in [0, 0.1) is 0 Å². The quantitative estimate of drug-likeness (QED) is 0.796. The van der Waals surface area contributed by atoms with E-state index in [1.807, 2.05) is 13.8 Å². The van der Waals surface area contributed by atoms with Gasteiger partial charge in [-0.3, -0.25) is 9.59 Å². The normalized spacial score (nSPS) is 17.2. The van der Waals surface area contributed by atoms with Crippen LogP contribution in [0.5, 0.6) is 0 Å². The van der Waals surface area contributed by atoms with Gasteiger partial charge in [0.15, 0.2) is 0 Å². The average Bonchev–Trinajstić information content (AvgIpc) is 2.92. The highest BCUT2D eigenvalue weighted by Crippen LogP contribution is 2.12. The van der Waals surface area contributed by atoms with Gasteiger partial charge in [-0.05, 0) is 57.5 Å². The Kier molecular flexibility index (Phi) is 6.65. The summed E-state index contributed by atoms with van der Waals surface area (Å²) in [5.41, 5.74) is 1.31. The Morgan fingerprint density at radius 3 is 2.43 bits per heavy atom. The number of halogens is 1. The van der Waals surface area contributed by atoms with Crippen molar-refractivity contribution in [2.24, 2.45) is 0 Å². The lowest BCUT2D eigenvalue weighted by Crippen LogP contribution is -2.35. The second-order valence-corrected chi connectivity index (χ2v) is 5.34. The number of benzene rings is 1. The van der Waals surface area contributed by atoms with Crippen molar-refractivity contribution in [2.45, 2.75) is 38.8 Å². The molecule has 116 valence electrons. The summed E-state index contributed by atoms with van der Waals surface area (Å²) in [5, 5.41) is 8.84. The predicted molar refractivity (Wildman–Crippen MR) is 85.9 cm³/mol. The molecule has 0 saturated carbocycles. The van der Waals surface area contributed by atoms with E-state index in [0.717, 1.165) is 19.4 Å². The zero-order chi connectivity index (χ0) is 14.5. The first-order valence-corrected chi connectivity index (χ1v) is 7.01. The third-order valence-electron chi connectivity index (χ3n) is 3.21. The van der Waals surface area contributed by atoms with Gasteiger partial charge >= 0.3 is 0 Å². The minimum Gasteiger partial charge on any atom is -0.350 e. The van der Waals surface area contributed by atoms with E-state index in [-0.39, 0.29) is 36.3 Å². The van der Waals surface area contributed by atoms with Crippen molar-refractivity contribution < 1.29 is 9.59 Å². The Bertz CT molecular complexity index is 482. The van der Waals surface area contributed by atoms with Gasteiger partial charge in [-0.1, -0.05) is 0 Å². The van der Waals surface area contributed by atoms with E-state index in [1.54, 1.807) is 24.3 Å². The molecule has 3 N–H and O–H groups in total. The second kappa shape index (κ2) is 8.00. The number of carbonyl (C=O) groups excluding carboxylic acids is 2. The first-order chi connectivity index (χ1) is 9.56. The monoisotopic (exact) mass is 311 g/mol. The largest absolute Gasteiger partial charge is 0.350 e. The molecule has 6 heteroatoms. The summed E-state index contributed by atoms with van der Waals surface area (Å²) in [6.07, 6.45) is 1.91. The molecule has 1 aliphatic heterocycles. The van der Waals surface area contributed by atoms with Crippen molar-refractivity contribution in [1.82, 2.24) is 10.6 Å². The van der Waals surface area contributed by atoms with Crippen LogP contribution in [-0.2, 0) is 4.79 Å². The smallest absolute Gasteiger partial charge is 0.251 e. The van der Waals surface area contributed by atoms with Crippen LogP contribution in [0.3, 0.4) is 0 Å². The minimum atomic E-state index is -0.102. The molecule has 1 aliphatic rings. The molecule has 0 spiro atoms. The maximum Gasteiger partial charge on any atom is 0.251 e. The molecule has 2 rings (SSSR count). The van der Waals surface area contributed by atoms with Crippen LogP contribution < -0.4 is 16.0 Å². The van der Waals surface area contributed by atoms with E-state index in [1.165, 1.54) is 0 Å². The second-order valence-electron chi connectivity index (χ2n) is 5.34. The fourth-order valence-corrected chi connectivity index (χ4v) is 2.19. The van der Waals surface area contributed by atoms with Gasteiger partial charge in [0.05, 0.1) is 6.04 Å². The van der Waals surface area contributed by atoms with E-state index in [9.17, 15) is 9.59 Å². The standard InChI is InChI=1S/C15H21N3O2.ClH/c1-10(2)17-14(19)11-5-7-12(8-6-11)18-15(20)13-4-3-9-16-13;/h5-8,10,13,16H,3-4,9H2,1-2H3,(H,17,19)(H,18,20);1H. The fraction of sp³-hybridized carbons (Fsp3) is 0.467. The molecule has 1 fully saturated rings. The third kappa shape index (κ3) is 5.02. The Morgan fingerprint density at radius 2 is 1.90 bits per heavy atom. The van der Waals surface area contributed by atoms with Crippen molar-refractivity contribution in [3.63, 3.8) is 0 Å². The SMILES string of the molecule is CC(C)NC(=O)c1ccc(NC(=O)C2CCCN2)cc1.Cl. The highest BCUT2D eigenvalue weighted by molar-refractivity contribution is 5.97. The predicted octanol–water partition coefficient (Wildman–Crippen LogP) is 1.94. The first kappa shape index (κ1) is 17.5. The summed E-state index contributed by atoms with van der Waals surface area (Å²) in [7, 11) is 0. The van der Waals surface area contributed by atoms with Gasteiger partial charge in [-0.25, -0.2) is 0 Å². The topological polar surface area (TPSA) is 70.2 Å². The van der Waals surface area contributed by atoms with E-state index in [0.29, 0.717) is 11.3 Å². The molecule has 1 aromatic rings. The van der Waals surface area contributed by atoms with E-state index in [2.05, 4.69) is 16.0 Å². The van der Waals surface area contributed by atoms with Gasteiger partial charge < -0.3 is 16.0 Å². The lowest BCUT2D eigenvalue weighted by atomic mass is 10.1.